The number of hydrogen-bond donors (Lipinski definition) is 1. The second-order valence-electron chi connectivity index (χ2n) is 3.95. The summed E-state index contributed by atoms with van der Waals surface area (Å²) < 4.78 is 0. The Morgan fingerprint density at radius 2 is 2.00 bits per heavy atom. The summed E-state index contributed by atoms with van der Waals surface area (Å²) in [7, 11) is 0. The molecule has 2 atom stereocenters. The minimum Gasteiger partial charge on any atom is -0.392 e. The van der Waals surface area contributed by atoms with Gasteiger partial charge in [-0.1, -0.05) is 49.4 Å². The number of carbonyl (C=O) groups excluding carboxylic acids is 1. The van der Waals surface area contributed by atoms with Crippen molar-refractivity contribution in [2.24, 2.45) is 5.92 Å². The van der Waals surface area contributed by atoms with Gasteiger partial charge in [-0.25, -0.2) is 0 Å². The number of benzene rings is 1. The highest BCUT2D eigenvalue weighted by molar-refractivity contribution is 5.96. The van der Waals surface area contributed by atoms with Gasteiger partial charge in [-0.05, 0) is 6.92 Å². The van der Waals surface area contributed by atoms with Gasteiger partial charge in [0.2, 0.25) is 0 Å². The average Bonchev–Trinajstić information content (AvgIpc) is 2.30. The van der Waals surface area contributed by atoms with Gasteiger partial charge in [0, 0.05) is 17.9 Å². The third kappa shape index (κ3) is 3.63. The predicted molar refractivity (Wildman–Crippen MR) is 65.4 cm³/mol. The van der Waals surface area contributed by atoms with Crippen molar-refractivity contribution in [3.05, 3.63) is 48.0 Å². The van der Waals surface area contributed by atoms with Gasteiger partial charge in [-0.2, -0.15) is 0 Å². The minimum atomic E-state index is -0.607. The monoisotopic (exact) mass is 218 g/mol. The Morgan fingerprint density at radius 1 is 1.38 bits per heavy atom. The molecule has 2 nitrogen and oxygen atoms in total. The van der Waals surface area contributed by atoms with Crippen LogP contribution in [0.25, 0.3) is 0 Å². The molecule has 0 aromatic heterocycles. The topological polar surface area (TPSA) is 37.3 Å². The van der Waals surface area contributed by atoms with Crippen molar-refractivity contribution < 1.29 is 9.90 Å². The zero-order valence-electron chi connectivity index (χ0n) is 9.76. The Bertz CT molecular complexity index is 354. The van der Waals surface area contributed by atoms with E-state index in [2.05, 4.69) is 0 Å². The van der Waals surface area contributed by atoms with Crippen molar-refractivity contribution >= 4 is 5.78 Å². The van der Waals surface area contributed by atoms with E-state index < -0.39 is 6.10 Å². The summed E-state index contributed by atoms with van der Waals surface area (Å²) in [6.45, 7) is 3.81. The highest BCUT2D eigenvalue weighted by Crippen LogP contribution is 2.12. The van der Waals surface area contributed by atoms with Crippen molar-refractivity contribution in [1.82, 2.24) is 0 Å². The second kappa shape index (κ2) is 6.23. The van der Waals surface area contributed by atoms with Gasteiger partial charge in [0.25, 0.3) is 0 Å². The summed E-state index contributed by atoms with van der Waals surface area (Å²) in [5, 5.41) is 9.81. The minimum absolute atomic E-state index is 0.00977. The Hall–Kier alpha value is -1.41. The molecule has 0 saturated heterocycles. The molecule has 1 N–H and O–H groups in total. The molecule has 0 aliphatic carbocycles. The molecule has 16 heavy (non-hydrogen) atoms. The van der Waals surface area contributed by atoms with Gasteiger partial charge in [0.05, 0.1) is 6.10 Å². The average molecular weight is 218 g/mol. The molecule has 0 aliphatic rings. The van der Waals surface area contributed by atoms with Crippen LogP contribution >= 0.6 is 0 Å². The Labute approximate surface area is 96.6 Å². The van der Waals surface area contributed by atoms with E-state index in [4.69, 9.17) is 0 Å². The number of rotatable bonds is 5. The van der Waals surface area contributed by atoms with Gasteiger partial charge in [0.1, 0.15) is 0 Å². The molecule has 0 spiro atoms. The lowest BCUT2D eigenvalue weighted by Gasteiger charge is -2.14. The molecule has 2 heteroatoms. The highest BCUT2D eigenvalue weighted by atomic mass is 16.3. The van der Waals surface area contributed by atoms with Crippen LogP contribution in [0.3, 0.4) is 0 Å². The SMILES string of the molecule is C/C=C/[C@H](C)[C@H](O)CC(=O)c1ccccc1. The molecule has 1 rings (SSSR count). The first-order valence-electron chi connectivity index (χ1n) is 5.54. The van der Waals surface area contributed by atoms with Crippen LogP contribution in [0.1, 0.15) is 30.6 Å². The van der Waals surface area contributed by atoms with E-state index in [1.165, 1.54) is 0 Å². The maximum atomic E-state index is 11.8. The second-order valence-corrected chi connectivity index (χ2v) is 3.95. The Morgan fingerprint density at radius 3 is 2.56 bits per heavy atom. The standard InChI is InChI=1S/C14H18O2/c1-3-7-11(2)13(15)10-14(16)12-8-5-4-6-9-12/h3-9,11,13,15H,10H2,1-2H3/b7-3+/t11-,13+/m0/s1. The van der Waals surface area contributed by atoms with Crippen LogP contribution in [0.2, 0.25) is 0 Å². The summed E-state index contributed by atoms with van der Waals surface area (Å²) >= 11 is 0. The quantitative estimate of drug-likeness (QED) is 0.609. The first-order valence-corrected chi connectivity index (χ1v) is 5.54. The Balaban J connectivity index is 2.58. The molecule has 0 radical (unpaired) electrons. The smallest absolute Gasteiger partial charge is 0.165 e. The zero-order valence-corrected chi connectivity index (χ0v) is 9.76. The Kier molecular flexibility index (Phi) is 4.93. The third-order valence-corrected chi connectivity index (χ3v) is 2.59. The molecular formula is C14H18O2. The first-order chi connectivity index (χ1) is 7.65. The number of aliphatic hydroxyl groups excluding tert-OH is 1. The van der Waals surface area contributed by atoms with Crippen LogP contribution in [0.5, 0.6) is 0 Å². The van der Waals surface area contributed by atoms with Gasteiger partial charge in [-0.15, -0.1) is 0 Å². The lowest BCUT2D eigenvalue weighted by molar-refractivity contribution is 0.0820. The fourth-order valence-corrected chi connectivity index (χ4v) is 1.55. The van der Waals surface area contributed by atoms with Crippen molar-refractivity contribution in [3.8, 4) is 0 Å². The van der Waals surface area contributed by atoms with Gasteiger partial charge in [0.15, 0.2) is 5.78 Å². The van der Waals surface area contributed by atoms with Gasteiger partial charge in [-0.3, -0.25) is 4.79 Å². The number of hydrogen-bond acceptors (Lipinski definition) is 2. The maximum Gasteiger partial charge on any atom is 0.165 e. The molecule has 0 bridgehead atoms. The number of aliphatic hydroxyl groups is 1. The van der Waals surface area contributed by atoms with Crippen LogP contribution in [-0.4, -0.2) is 17.0 Å². The predicted octanol–water partition coefficient (Wildman–Crippen LogP) is 2.83. The van der Waals surface area contributed by atoms with Crippen LogP contribution in [0.15, 0.2) is 42.5 Å². The van der Waals surface area contributed by atoms with E-state index >= 15 is 0 Å². The first kappa shape index (κ1) is 12.7. The fourth-order valence-electron chi connectivity index (χ4n) is 1.55. The number of carbonyl (C=O) groups is 1. The molecule has 1 aromatic rings. The molecule has 0 amide bonds. The molecule has 1 aromatic carbocycles. The molecule has 86 valence electrons. The molecule has 0 unspecified atom stereocenters. The van der Waals surface area contributed by atoms with Crippen LogP contribution in [0, 0.1) is 5.92 Å². The van der Waals surface area contributed by atoms with Crippen LogP contribution in [0.4, 0.5) is 0 Å². The lowest BCUT2D eigenvalue weighted by atomic mass is 9.96. The summed E-state index contributed by atoms with van der Waals surface area (Å²) in [6, 6.07) is 9.07. The van der Waals surface area contributed by atoms with Crippen molar-refractivity contribution in [2.75, 3.05) is 0 Å². The van der Waals surface area contributed by atoms with Crippen molar-refractivity contribution in [3.63, 3.8) is 0 Å². The van der Waals surface area contributed by atoms with E-state index in [0.717, 1.165) is 0 Å². The number of Topliss-reactive ketones (excluding diaryl/α,β-unsaturated/α-hetero) is 1. The van der Waals surface area contributed by atoms with E-state index in [1.807, 2.05) is 44.2 Å². The third-order valence-electron chi connectivity index (χ3n) is 2.59. The van der Waals surface area contributed by atoms with Crippen molar-refractivity contribution in [2.45, 2.75) is 26.4 Å². The normalized spacial score (nSPS) is 14.9. The zero-order chi connectivity index (χ0) is 12.0. The molecule has 0 fully saturated rings. The molecule has 0 aliphatic heterocycles. The van der Waals surface area contributed by atoms with Gasteiger partial charge < -0.3 is 5.11 Å². The van der Waals surface area contributed by atoms with Crippen LogP contribution < -0.4 is 0 Å². The number of allylic oxidation sites excluding steroid dienone is 1. The molecule has 0 heterocycles. The number of ketones is 1. The molecular weight excluding hydrogens is 200 g/mol. The van der Waals surface area contributed by atoms with E-state index in [1.54, 1.807) is 12.1 Å². The van der Waals surface area contributed by atoms with Crippen molar-refractivity contribution in [1.29, 1.82) is 0 Å². The van der Waals surface area contributed by atoms with E-state index in [0.29, 0.717) is 5.56 Å². The molecule has 0 saturated carbocycles. The highest BCUT2D eigenvalue weighted by Gasteiger charge is 2.16. The maximum absolute atomic E-state index is 11.8. The lowest BCUT2D eigenvalue weighted by Crippen LogP contribution is -2.20. The van der Waals surface area contributed by atoms with Crippen LogP contribution in [-0.2, 0) is 0 Å². The summed E-state index contributed by atoms with van der Waals surface area (Å²) in [6.07, 6.45) is 3.36. The summed E-state index contributed by atoms with van der Waals surface area (Å²) in [5.41, 5.74) is 0.661. The summed E-state index contributed by atoms with van der Waals surface area (Å²) in [4.78, 5) is 11.8. The van der Waals surface area contributed by atoms with Gasteiger partial charge >= 0.3 is 0 Å². The largest absolute Gasteiger partial charge is 0.392 e. The van der Waals surface area contributed by atoms with E-state index in [9.17, 15) is 9.90 Å². The fraction of sp³-hybridized carbons (Fsp3) is 0.357. The summed E-state index contributed by atoms with van der Waals surface area (Å²) in [5.74, 6) is 0.00196. The van der Waals surface area contributed by atoms with E-state index in [-0.39, 0.29) is 18.1 Å².